The molecule has 1 aromatic carbocycles. The summed E-state index contributed by atoms with van der Waals surface area (Å²) < 4.78 is 15.8. The second-order valence-electron chi connectivity index (χ2n) is 3.07. The standard InChI is InChI=1S/C12H18O3/c1-3-14-9-4-10-15-12-7-5-11(13-2)6-8-12/h5-8H,3-4,9-10H2,1-2H3. The van der Waals surface area contributed by atoms with Crippen molar-refractivity contribution in [3.05, 3.63) is 24.3 Å². The maximum absolute atomic E-state index is 5.52. The van der Waals surface area contributed by atoms with E-state index in [-0.39, 0.29) is 0 Å². The van der Waals surface area contributed by atoms with Crippen LogP contribution in [0.5, 0.6) is 11.5 Å². The highest BCUT2D eigenvalue weighted by molar-refractivity contribution is 5.30. The van der Waals surface area contributed by atoms with Gasteiger partial charge in [-0.25, -0.2) is 0 Å². The molecule has 3 heteroatoms. The monoisotopic (exact) mass is 210 g/mol. The van der Waals surface area contributed by atoms with Gasteiger partial charge in [0.15, 0.2) is 0 Å². The van der Waals surface area contributed by atoms with Crippen molar-refractivity contribution in [2.24, 2.45) is 0 Å². The SMILES string of the molecule is CCOCCCOc1ccc(OC)cc1. The number of methoxy groups -OCH3 is 1. The Hall–Kier alpha value is -1.22. The van der Waals surface area contributed by atoms with Crippen molar-refractivity contribution in [3.8, 4) is 11.5 Å². The highest BCUT2D eigenvalue weighted by Crippen LogP contribution is 2.16. The van der Waals surface area contributed by atoms with Crippen molar-refractivity contribution in [3.63, 3.8) is 0 Å². The molecule has 1 aromatic rings. The Labute approximate surface area is 91.0 Å². The lowest BCUT2D eigenvalue weighted by atomic mass is 10.3. The lowest BCUT2D eigenvalue weighted by Gasteiger charge is -2.06. The third kappa shape index (κ3) is 4.70. The molecule has 0 fully saturated rings. The summed E-state index contributed by atoms with van der Waals surface area (Å²) in [5.41, 5.74) is 0. The van der Waals surface area contributed by atoms with E-state index in [9.17, 15) is 0 Å². The molecule has 0 saturated heterocycles. The maximum atomic E-state index is 5.52. The highest BCUT2D eigenvalue weighted by atomic mass is 16.5. The zero-order valence-corrected chi connectivity index (χ0v) is 9.36. The van der Waals surface area contributed by atoms with Gasteiger partial charge in [0.1, 0.15) is 11.5 Å². The Morgan fingerprint density at radius 1 is 1.00 bits per heavy atom. The highest BCUT2D eigenvalue weighted by Gasteiger charge is 1.94. The van der Waals surface area contributed by atoms with Crippen LogP contribution >= 0.6 is 0 Å². The quantitative estimate of drug-likeness (QED) is 0.647. The van der Waals surface area contributed by atoms with Crippen LogP contribution in [0.4, 0.5) is 0 Å². The van der Waals surface area contributed by atoms with Crippen LogP contribution in [0.2, 0.25) is 0 Å². The second-order valence-corrected chi connectivity index (χ2v) is 3.07. The fourth-order valence-electron chi connectivity index (χ4n) is 1.17. The van der Waals surface area contributed by atoms with Gasteiger partial charge in [0.2, 0.25) is 0 Å². The molecule has 0 aromatic heterocycles. The van der Waals surface area contributed by atoms with E-state index in [4.69, 9.17) is 14.2 Å². The molecule has 0 saturated carbocycles. The number of ether oxygens (including phenoxy) is 3. The van der Waals surface area contributed by atoms with Crippen LogP contribution in [-0.2, 0) is 4.74 Å². The van der Waals surface area contributed by atoms with E-state index in [0.717, 1.165) is 31.1 Å². The predicted molar refractivity (Wildman–Crippen MR) is 59.6 cm³/mol. The first-order chi connectivity index (χ1) is 7.36. The van der Waals surface area contributed by atoms with Gasteiger partial charge in [-0.05, 0) is 31.2 Å². The van der Waals surface area contributed by atoms with Crippen LogP contribution in [0.1, 0.15) is 13.3 Å². The van der Waals surface area contributed by atoms with E-state index >= 15 is 0 Å². The van der Waals surface area contributed by atoms with Crippen molar-refractivity contribution in [2.45, 2.75) is 13.3 Å². The lowest BCUT2D eigenvalue weighted by Crippen LogP contribution is -2.02. The second kappa shape index (κ2) is 7.12. The molecule has 0 spiro atoms. The van der Waals surface area contributed by atoms with Crippen LogP contribution in [0.25, 0.3) is 0 Å². The Balaban J connectivity index is 2.20. The summed E-state index contributed by atoms with van der Waals surface area (Å²) in [4.78, 5) is 0. The van der Waals surface area contributed by atoms with Crippen molar-refractivity contribution >= 4 is 0 Å². The van der Waals surface area contributed by atoms with Crippen LogP contribution in [0.3, 0.4) is 0 Å². The van der Waals surface area contributed by atoms with E-state index in [2.05, 4.69) is 0 Å². The van der Waals surface area contributed by atoms with E-state index in [1.54, 1.807) is 7.11 Å². The molecule has 0 amide bonds. The number of hydrogen-bond donors (Lipinski definition) is 0. The zero-order chi connectivity index (χ0) is 10.9. The molecule has 84 valence electrons. The molecule has 0 atom stereocenters. The van der Waals surface area contributed by atoms with Gasteiger partial charge in [-0.3, -0.25) is 0 Å². The molecule has 0 bridgehead atoms. The normalized spacial score (nSPS) is 10.0. The minimum absolute atomic E-state index is 0.687. The largest absolute Gasteiger partial charge is 0.497 e. The van der Waals surface area contributed by atoms with E-state index in [1.807, 2.05) is 31.2 Å². The molecule has 0 radical (unpaired) electrons. The fourth-order valence-corrected chi connectivity index (χ4v) is 1.17. The minimum Gasteiger partial charge on any atom is -0.497 e. The van der Waals surface area contributed by atoms with Crippen LogP contribution in [0, 0.1) is 0 Å². The Morgan fingerprint density at radius 2 is 1.67 bits per heavy atom. The molecule has 0 heterocycles. The van der Waals surface area contributed by atoms with E-state index < -0.39 is 0 Å². The van der Waals surface area contributed by atoms with E-state index in [0.29, 0.717) is 6.61 Å². The third-order valence-electron chi connectivity index (χ3n) is 1.97. The summed E-state index contributed by atoms with van der Waals surface area (Å²) in [7, 11) is 1.65. The third-order valence-corrected chi connectivity index (χ3v) is 1.97. The minimum atomic E-state index is 0.687. The van der Waals surface area contributed by atoms with Crippen molar-refractivity contribution in [1.29, 1.82) is 0 Å². The van der Waals surface area contributed by atoms with Crippen LogP contribution in [0.15, 0.2) is 24.3 Å². The molecule has 0 aliphatic heterocycles. The number of benzene rings is 1. The Kier molecular flexibility index (Phi) is 5.63. The Morgan fingerprint density at radius 3 is 2.27 bits per heavy atom. The summed E-state index contributed by atoms with van der Waals surface area (Å²) >= 11 is 0. The van der Waals surface area contributed by atoms with Crippen molar-refractivity contribution < 1.29 is 14.2 Å². The topological polar surface area (TPSA) is 27.7 Å². The zero-order valence-electron chi connectivity index (χ0n) is 9.36. The molecule has 15 heavy (non-hydrogen) atoms. The number of hydrogen-bond acceptors (Lipinski definition) is 3. The molecule has 0 aliphatic carbocycles. The molecule has 3 nitrogen and oxygen atoms in total. The first kappa shape index (κ1) is 11.9. The summed E-state index contributed by atoms with van der Waals surface area (Å²) in [6, 6.07) is 7.58. The molecular weight excluding hydrogens is 192 g/mol. The molecule has 1 rings (SSSR count). The number of rotatable bonds is 7. The fraction of sp³-hybridized carbons (Fsp3) is 0.500. The van der Waals surface area contributed by atoms with Crippen molar-refractivity contribution in [1.82, 2.24) is 0 Å². The van der Waals surface area contributed by atoms with Gasteiger partial charge < -0.3 is 14.2 Å². The van der Waals surface area contributed by atoms with Gasteiger partial charge in [0.25, 0.3) is 0 Å². The maximum Gasteiger partial charge on any atom is 0.119 e. The average Bonchev–Trinajstić information content (AvgIpc) is 2.30. The summed E-state index contributed by atoms with van der Waals surface area (Å²) in [5.74, 6) is 1.71. The predicted octanol–water partition coefficient (Wildman–Crippen LogP) is 2.50. The van der Waals surface area contributed by atoms with Gasteiger partial charge in [0.05, 0.1) is 13.7 Å². The summed E-state index contributed by atoms with van der Waals surface area (Å²) in [6.07, 6.45) is 0.917. The molecule has 0 N–H and O–H groups in total. The molecule has 0 aliphatic rings. The molecule has 0 unspecified atom stereocenters. The lowest BCUT2D eigenvalue weighted by molar-refractivity contribution is 0.131. The average molecular weight is 210 g/mol. The van der Waals surface area contributed by atoms with Gasteiger partial charge in [-0.15, -0.1) is 0 Å². The van der Waals surface area contributed by atoms with Gasteiger partial charge in [-0.2, -0.15) is 0 Å². The molecular formula is C12H18O3. The Bertz CT molecular complexity index is 256. The van der Waals surface area contributed by atoms with Gasteiger partial charge in [-0.1, -0.05) is 0 Å². The summed E-state index contributed by atoms with van der Waals surface area (Å²) in [6.45, 7) is 4.20. The van der Waals surface area contributed by atoms with Gasteiger partial charge >= 0.3 is 0 Å². The van der Waals surface area contributed by atoms with Crippen LogP contribution < -0.4 is 9.47 Å². The van der Waals surface area contributed by atoms with Gasteiger partial charge in [0, 0.05) is 19.6 Å². The van der Waals surface area contributed by atoms with E-state index in [1.165, 1.54) is 0 Å². The summed E-state index contributed by atoms with van der Waals surface area (Å²) in [5, 5.41) is 0. The smallest absolute Gasteiger partial charge is 0.119 e. The first-order valence-electron chi connectivity index (χ1n) is 5.21. The van der Waals surface area contributed by atoms with Crippen LogP contribution in [-0.4, -0.2) is 26.9 Å². The van der Waals surface area contributed by atoms with Crippen molar-refractivity contribution in [2.75, 3.05) is 26.9 Å². The first-order valence-corrected chi connectivity index (χ1v) is 5.21.